The number of fused-ring (bicyclic) bond motifs is 1. The minimum Gasteiger partial charge on any atom is -0.507 e. The Bertz CT molecular complexity index is 1500. The number of hydrogen-bond acceptors (Lipinski definition) is 16. The van der Waals surface area contributed by atoms with Gasteiger partial charge in [-0.1, -0.05) is 0 Å². The first-order valence-electron chi connectivity index (χ1n) is 12.6. The zero-order chi connectivity index (χ0) is 30.5. The highest BCUT2D eigenvalue weighted by molar-refractivity contribution is 5.86. The third kappa shape index (κ3) is 5.42. The number of aromatic hydroxyl groups is 3. The van der Waals surface area contributed by atoms with Crippen LogP contribution in [0, 0.1) is 0 Å². The molecule has 5 rings (SSSR count). The van der Waals surface area contributed by atoms with Gasteiger partial charge >= 0.3 is 0 Å². The van der Waals surface area contributed by atoms with Crippen molar-refractivity contribution in [2.75, 3.05) is 13.2 Å². The molecule has 228 valence electrons. The molecule has 0 amide bonds. The van der Waals surface area contributed by atoms with Gasteiger partial charge in [0.2, 0.25) is 12.6 Å². The first-order chi connectivity index (χ1) is 19.9. The first kappa shape index (κ1) is 29.8. The Hall–Kier alpha value is -3.71. The van der Waals surface area contributed by atoms with Crippen LogP contribution in [0.15, 0.2) is 39.5 Å². The summed E-state index contributed by atoms with van der Waals surface area (Å²) in [5.74, 6) is -2.69. The Balaban J connectivity index is 1.52. The van der Waals surface area contributed by atoms with E-state index in [0.29, 0.717) is 0 Å². The van der Waals surface area contributed by atoms with Crippen LogP contribution in [0.1, 0.15) is 0 Å². The van der Waals surface area contributed by atoms with Gasteiger partial charge in [-0.05, 0) is 6.07 Å². The zero-order valence-electron chi connectivity index (χ0n) is 21.4. The topological polar surface area (TPSA) is 269 Å². The van der Waals surface area contributed by atoms with Crippen LogP contribution in [0.2, 0.25) is 0 Å². The van der Waals surface area contributed by atoms with E-state index in [1.54, 1.807) is 0 Å². The zero-order valence-corrected chi connectivity index (χ0v) is 21.4. The molecule has 2 aliphatic rings. The van der Waals surface area contributed by atoms with Gasteiger partial charge in [0, 0.05) is 24.3 Å². The Morgan fingerprint density at radius 2 is 1.45 bits per heavy atom. The summed E-state index contributed by atoms with van der Waals surface area (Å²) in [7, 11) is 0. The van der Waals surface area contributed by atoms with E-state index in [1.807, 2.05) is 0 Å². The van der Waals surface area contributed by atoms with Gasteiger partial charge in [-0.25, -0.2) is 0 Å². The van der Waals surface area contributed by atoms with Crippen molar-refractivity contribution in [2.24, 2.45) is 0 Å². The fourth-order valence-electron chi connectivity index (χ4n) is 4.60. The summed E-state index contributed by atoms with van der Waals surface area (Å²) in [5.41, 5.74) is -1.18. The molecular weight excluding hydrogens is 568 g/mol. The highest BCUT2D eigenvalue weighted by atomic mass is 16.7. The lowest BCUT2D eigenvalue weighted by Gasteiger charge is -2.39. The number of hydrogen-bond donors (Lipinski definition) is 10. The van der Waals surface area contributed by atoms with Crippen molar-refractivity contribution in [1.29, 1.82) is 0 Å². The van der Waals surface area contributed by atoms with Gasteiger partial charge in [0.1, 0.15) is 76.7 Å². The second-order valence-corrected chi connectivity index (χ2v) is 9.81. The largest absolute Gasteiger partial charge is 0.507 e. The van der Waals surface area contributed by atoms with Crippen LogP contribution in [0.3, 0.4) is 0 Å². The third-order valence-corrected chi connectivity index (χ3v) is 6.92. The molecule has 0 radical (unpaired) electrons. The Kier molecular flexibility index (Phi) is 8.17. The van der Waals surface area contributed by atoms with Crippen LogP contribution >= 0.6 is 0 Å². The molecule has 0 unspecified atom stereocenters. The summed E-state index contributed by atoms with van der Waals surface area (Å²) in [6.07, 6.45) is -14.3. The lowest BCUT2D eigenvalue weighted by atomic mass is 9.99. The van der Waals surface area contributed by atoms with Gasteiger partial charge < -0.3 is 74.4 Å². The number of phenols is 3. The number of aliphatic hydroxyl groups excluding tert-OH is 7. The minimum atomic E-state index is -1.77. The van der Waals surface area contributed by atoms with E-state index in [-0.39, 0.29) is 33.8 Å². The summed E-state index contributed by atoms with van der Waals surface area (Å²) >= 11 is 0. The summed E-state index contributed by atoms with van der Waals surface area (Å²) in [5, 5.41) is 100. The van der Waals surface area contributed by atoms with Crippen LogP contribution in [0.25, 0.3) is 22.3 Å². The smallest absolute Gasteiger partial charge is 0.229 e. The molecule has 42 heavy (non-hydrogen) atoms. The number of ether oxygens (including phenoxy) is 4. The molecule has 9 atom stereocenters. The van der Waals surface area contributed by atoms with Crippen molar-refractivity contribution in [2.45, 2.75) is 55.3 Å². The summed E-state index contributed by atoms with van der Waals surface area (Å²) in [6, 6.07) is 4.98. The highest BCUT2D eigenvalue weighted by Gasteiger charge is 2.45. The number of phenolic OH excluding ortho intramolecular Hbond substituents is 3. The van der Waals surface area contributed by atoms with E-state index in [4.69, 9.17) is 23.4 Å². The van der Waals surface area contributed by atoms with Gasteiger partial charge in [0.25, 0.3) is 0 Å². The molecule has 2 aromatic carbocycles. The predicted molar refractivity (Wildman–Crippen MR) is 136 cm³/mol. The lowest BCUT2D eigenvalue weighted by Crippen LogP contribution is -2.60. The second kappa shape index (κ2) is 11.5. The molecule has 16 heteroatoms. The van der Waals surface area contributed by atoms with Gasteiger partial charge in [-0.3, -0.25) is 4.79 Å². The third-order valence-electron chi connectivity index (χ3n) is 6.92. The summed E-state index contributed by atoms with van der Waals surface area (Å²) in [4.78, 5) is 13.0. The maximum atomic E-state index is 13.0. The van der Waals surface area contributed by atoms with Crippen molar-refractivity contribution in [3.05, 3.63) is 40.6 Å². The SMILES string of the molecule is O=c1cc(-c2cc(O)c(O)cc2O[C@H]2OC[C@H](O)[C@@H](O)[C@H]2O)oc2cc(O[C@@H]3O[C@H](CO)[C@@H](O)[C@H](O)[C@H]3O)cc(O)c12. The molecule has 0 saturated carbocycles. The van der Waals surface area contributed by atoms with Crippen molar-refractivity contribution in [1.82, 2.24) is 0 Å². The average molecular weight is 596 g/mol. The maximum Gasteiger partial charge on any atom is 0.229 e. The van der Waals surface area contributed by atoms with Crippen molar-refractivity contribution >= 4 is 11.0 Å². The molecule has 10 N–H and O–H groups in total. The molecule has 2 fully saturated rings. The van der Waals surface area contributed by atoms with Crippen LogP contribution in [0.5, 0.6) is 28.7 Å². The van der Waals surface area contributed by atoms with Crippen LogP contribution in [0.4, 0.5) is 0 Å². The molecule has 2 aliphatic heterocycles. The minimum absolute atomic E-state index is 0.138. The quantitative estimate of drug-likeness (QED) is 0.133. The first-order valence-corrected chi connectivity index (χ1v) is 12.6. The van der Waals surface area contributed by atoms with Gasteiger partial charge in [0.15, 0.2) is 16.9 Å². The molecule has 0 spiro atoms. The van der Waals surface area contributed by atoms with Gasteiger partial charge in [0.05, 0.1) is 18.8 Å². The van der Waals surface area contributed by atoms with E-state index in [0.717, 1.165) is 30.3 Å². The predicted octanol–water partition coefficient (Wildman–Crippen LogP) is -2.43. The Morgan fingerprint density at radius 1 is 0.762 bits per heavy atom. The van der Waals surface area contributed by atoms with E-state index in [1.165, 1.54) is 0 Å². The van der Waals surface area contributed by atoms with Crippen molar-refractivity contribution in [3.63, 3.8) is 0 Å². The fourth-order valence-corrected chi connectivity index (χ4v) is 4.60. The molecule has 16 nitrogen and oxygen atoms in total. The molecule has 3 aromatic rings. The molecule has 2 saturated heterocycles. The van der Waals surface area contributed by atoms with E-state index >= 15 is 0 Å². The maximum absolute atomic E-state index is 13.0. The monoisotopic (exact) mass is 596 g/mol. The van der Waals surface area contributed by atoms with Crippen molar-refractivity contribution in [3.8, 4) is 40.1 Å². The molecule has 1 aromatic heterocycles. The second-order valence-electron chi connectivity index (χ2n) is 9.81. The summed E-state index contributed by atoms with van der Waals surface area (Å²) < 4.78 is 27.4. The van der Waals surface area contributed by atoms with E-state index in [9.17, 15) is 55.9 Å². The molecule has 3 heterocycles. The van der Waals surface area contributed by atoms with Gasteiger partial charge in [-0.15, -0.1) is 0 Å². The lowest BCUT2D eigenvalue weighted by molar-refractivity contribution is -0.277. The van der Waals surface area contributed by atoms with Crippen LogP contribution in [-0.4, -0.2) is 120 Å². The normalized spacial score (nSPS) is 31.6. The van der Waals surface area contributed by atoms with Gasteiger partial charge in [-0.2, -0.15) is 0 Å². The summed E-state index contributed by atoms with van der Waals surface area (Å²) in [6.45, 7) is -1.11. The molecule has 0 aliphatic carbocycles. The van der Waals surface area contributed by atoms with Crippen LogP contribution in [-0.2, 0) is 9.47 Å². The average Bonchev–Trinajstić information content (AvgIpc) is 2.94. The number of benzene rings is 2. The Labute approximate surface area is 235 Å². The highest BCUT2D eigenvalue weighted by Crippen LogP contribution is 2.41. The van der Waals surface area contributed by atoms with E-state index < -0.39 is 91.2 Å². The standard InChI is InChI=1S/C26H28O16/c27-6-18-21(34)22(35)24(37)26(42-18)39-8-1-12(30)19-13(31)5-15(40-17(19)2-8)9-3-10(28)11(29)4-16(9)41-25-23(36)20(33)14(32)7-38-25/h1-5,14,18,20-30,32-37H,6-7H2/t14-,18+,20+,21+,22-,23+,24+,25+,26+/m0/s1. The number of aliphatic hydroxyl groups is 7. The van der Waals surface area contributed by atoms with Crippen molar-refractivity contribution < 1.29 is 74.4 Å². The van der Waals surface area contributed by atoms with E-state index in [2.05, 4.69) is 0 Å². The van der Waals surface area contributed by atoms with Crippen LogP contribution < -0.4 is 14.9 Å². The number of rotatable bonds is 6. The molecule has 0 bridgehead atoms. The fraction of sp³-hybridized carbons (Fsp3) is 0.423. The molecular formula is C26H28O16. The Morgan fingerprint density at radius 3 is 2.17 bits per heavy atom.